The van der Waals surface area contributed by atoms with Crippen LogP contribution in [0.3, 0.4) is 0 Å². The third-order valence-electron chi connectivity index (χ3n) is 4.37. The molecule has 2 aromatic heterocycles. The monoisotopic (exact) mass is 388 g/mol. The maximum Gasteiger partial charge on any atom is 0.349 e. The zero-order chi connectivity index (χ0) is 18.5. The zero-order valence-corrected chi connectivity index (χ0v) is 16.2. The van der Waals surface area contributed by atoms with E-state index in [4.69, 9.17) is 10.00 Å². The van der Waals surface area contributed by atoms with E-state index in [1.807, 2.05) is 12.1 Å². The third kappa shape index (κ3) is 4.32. The van der Waals surface area contributed by atoms with E-state index < -0.39 is 18.0 Å². The molecule has 0 aliphatic heterocycles. The topological polar surface area (TPSA) is 79.2 Å². The molecule has 1 N–H and O–H groups in total. The van der Waals surface area contributed by atoms with Crippen LogP contribution in [0.15, 0.2) is 17.5 Å². The maximum atomic E-state index is 12.4. The summed E-state index contributed by atoms with van der Waals surface area (Å²) in [5.74, 6) is -0.900. The van der Waals surface area contributed by atoms with Gasteiger partial charge in [-0.2, -0.15) is 5.26 Å². The average molecular weight is 389 g/mol. The van der Waals surface area contributed by atoms with E-state index in [9.17, 15) is 9.59 Å². The van der Waals surface area contributed by atoms with Gasteiger partial charge in [-0.3, -0.25) is 4.79 Å². The molecular weight excluding hydrogens is 368 g/mol. The quantitative estimate of drug-likeness (QED) is 0.781. The number of thiophene rings is 2. The molecule has 0 bridgehead atoms. The van der Waals surface area contributed by atoms with E-state index in [1.165, 1.54) is 52.9 Å². The van der Waals surface area contributed by atoms with E-state index in [-0.39, 0.29) is 0 Å². The number of carbonyl (C=O) groups is 2. The van der Waals surface area contributed by atoms with Crippen LogP contribution in [0, 0.1) is 11.3 Å². The Hall–Kier alpha value is -2.17. The lowest BCUT2D eigenvalue weighted by molar-refractivity contribution is -0.123. The molecule has 0 saturated heterocycles. The summed E-state index contributed by atoms with van der Waals surface area (Å²) >= 11 is 2.75. The molecule has 0 fully saturated rings. The highest BCUT2D eigenvalue weighted by molar-refractivity contribution is 7.14. The van der Waals surface area contributed by atoms with Crippen molar-refractivity contribution >= 4 is 39.6 Å². The van der Waals surface area contributed by atoms with Crippen LogP contribution >= 0.6 is 22.7 Å². The number of hydrogen-bond donors (Lipinski definition) is 1. The molecule has 3 rings (SSSR count). The van der Waals surface area contributed by atoms with Gasteiger partial charge < -0.3 is 10.1 Å². The number of amides is 1. The Morgan fingerprint density at radius 3 is 2.81 bits per heavy atom. The predicted octanol–water partition coefficient (Wildman–Crippen LogP) is 4.52. The maximum absolute atomic E-state index is 12.4. The molecule has 0 spiro atoms. The number of carbonyl (C=O) groups excluding carboxylic acids is 2. The number of ether oxygens (including phenoxy) is 1. The second-order valence-corrected chi connectivity index (χ2v) is 8.34. The summed E-state index contributed by atoms with van der Waals surface area (Å²) in [5.41, 5.74) is 1.65. The van der Waals surface area contributed by atoms with Gasteiger partial charge in [0.2, 0.25) is 0 Å². The van der Waals surface area contributed by atoms with Gasteiger partial charge in [-0.1, -0.05) is 12.8 Å². The summed E-state index contributed by atoms with van der Waals surface area (Å²) in [6.07, 6.45) is 5.87. The first-order chi connectivity index (χ1) is 12.6. The molecule has 136 valence electrons. The van der Waals surface area contributed by atoms with Crippen LogP contribution < -0.4 is 5.32 Å². The summed E-state index contributed by atoms with van der Waals surface area (Å²) in [5, 5.41) is 13.8. The van der Waals surface area contributed by atoms with Crippen molar-refractivity contribution in [1.82, 2.24) is 0 Å². The van der Waals surface area contributed by atoms with E-state index >= 15 is 0 Å². The van der Waals surface area contributed by atoms with Crippen molar-refractivity contribution in [3.05, 3.63) is 38.4 Å². The molecule has 1 aliphatic rings. The Labute approximate surface area is 160 Å². The number of nitrogens with one attached hydrogen (secondary N) is 1. The highest BCUT2D eigenvalue weighted by atomic mass is 32.1. The fourth-order valence-corrected chi connectivity index (χ4v) is 4.80. The number of fused-ring (bicyclic) bond motifs is 1. The van der Waals surface area contributed by atoms with Gasteiger partial charge in [0, 0.05) is 4.88 Å². The van der Waals surface area contributed by atoms with Crippen LogP contribution in [0.4, 0.5) is 5.00 Å². The van der Waals surface area contributed by atoms with Crippen LogP contribution in [-0.2, 0) is 22.4 Å². The molecular formula is C19H20N2O3S2. The van der Waals surface area contributed by atoms with Crippen molar-refractivity contribution in [1.29, 1.82) is 5.26 Å². The van der Waals surface area contributed by atoms with Gasteiger partial charge in [0.15, 0.2) is 6.10 Å². The lowest BCUT2D eigenvalue weighted by atomic mass is 10.00. The molecule has 5 nitrogen and oxygen atoms in total. The largest absolute Gasteiger partial charge is 0.448 e. The van der Waals surface area contributed by atoms with Crippen LogP contribution in [0.2, 0.25) is 0 Å². The number of hydrogen-bond acceptors (Lipinski definition) is 6. The third-order valence-corrected chi connectivity index (χ3v) is 6.42. The van der Waals surface area contributed by atoms with E-state index in [2.05, 4.69) is 5.32 Å². The van der Waals surface area contributed by atoms with Crippen LogP contribution in [0.5, 0.6) is 0 Å². The molecule has 0 radical (unpaired) electrons. The fraction of sp³-hybridized carbons (Fsp3) is 0.421. The number of nitriles is 1. The summed E-state index contributed by atoms with van der Waals surface area (Å²) in [6.45, 7) is 1.54. The van der Waals surface area contributed by atoms with Crippen LogP contribution in [-0.4, -0.2) is 18.0 Å². The average Bonchev–Trinajstić information content (AvgIpc) is 3.21. The van der Waals surface area contributed by atoms with Crippen molar-refractivity contribution in [2.24, 2.45) is 0 Å². The highest BCUT2D eigenvalue weighted by Crippen LogP contribution is 2.29. The van der Waals surface area contributed by atoms with E-state index in [1.54, 1.807) is 11.4 Å². The summed E-state index contributed by atoms with van der Waals surface area (Å²) < 4.78 is 5.34. The minimum Gasteiger partial charge on any atom is -0.448 e. The predicted molar refractivity (Wildman–Crippen MR) is 103 cm³/mol. The zero-order valence-electron chi connectivity index (χ0n) is 14.5. The lowest BCUT2D eigenvalue weighted by Gasteiger charge is -2.12. The lowest BCUT2D eigenvalue weighted by Crippen LogP contribution is -2.29. The molecule has 0 unspecified atom stereocenters. The first-order valence-electron chi connectivity index (χ1n) is 8.69. The Balaban J connectivity index is 1.63. The normalized spacial score (nSPS) is 15.1. The van der Waals surface area contributed by atoms with Gasteiger partial charge in [0.1, 0.15) is 15.9 Å². The van der Waals surface area contributed by atoms with Crippen LogP contribution in [0.25, 0.3) is 0 Å². The number of anilines is 1. The molecule has 1 aliphatic carbocycles. The fourth-order valence-electron chi connectivity index (χ4n) is 2.92. The molecule has 0 saturated carbocycles. The minimum atomic E-state index is -0.930. The first kappa shape index (κ1) is 18.6. The van der Waals surface area contributed by atoms with Gasteiger partial charge >= 0.3 is 5.97 Å². The Morgan fingerprint density at radius 2 is 2.04 bits per heavy atom. The summed E-state index contributed by atoms with van der Waals surface area (Å²) in [7, 11) is 0. The summed E-state index contributed by atoms with van der Waals surface area (Å²) in [4.78, 5) is 26.5. The summed E-state index contributed by atoms with van der Waals surface area (Å²) in [6, 6.07) is 5.57. The Bertz CT molecular complexity index is 822. The van der Waals surface area contributed by atoms with Crippen molar-refractivity contribution in [3.63, 3.8) is 0 Å². The molecule has 2 heterocycles. The first-order valence-corrected chi connectivity index (χ1v) is 10.4. The minimum absolute atomic E-state index is 0.403. The number of nitrogens with zero attached hydrogens (tertiary/aromatic N) is 1. The SMILES string of the molecule is C[C@H](OC(=O)c1cc2c(s1)CCCCCC2)C(=O)Nc1sccc1C#N. The molecule has 0 aromatic carbocycles. The molecule has 26 heavy (non-hydrogen) atoms. The van der Waals surface area contributed by atoms with E-state index in [0.717, 1.165) is 25.7 Å². The molecule has 1 atom stereocenters. The van der Waals surface area contributed by atoms with E-state index in [0.29, 0.717) is 15.4 Å². The molecule has 2 aromatic rings. The van der Waals surface area contributed by atoms with Gasteiger partial charge in [-0.05, 0) is 55.7 Å². The second kappa shape index (κ2) is 8.47. The van der Waals surface area contributed by atoms with Crippen molar-refractivity contribution < 1.29 is 14.3 Å². The van der Waals surface area contributed by atoms with Gasteiger partial charge in [0.25, 0.3) is 5.91 Å². The number of aryl methyl sites for hydroxylation is 2. The van der Waals surface area contributed by atoms with Crippen molar-refractivity contribution in [2.45, 2.75) is 51.6 Å². The Morgan fingerprint density at radius 1 is 1.27 bits per heavy atom. The number of rotatable bonds is 4. The molecule has 1 amide bonds. The smallest absolute Gasteiger partial charge is 0.349 e. The van der Waals surface area contributed by atoms with Crippen molar-refractivity contribution in [2.75, 3.05) is 5.32 Å². The van der Waals surface area contributed by atoms with Gasteiger partial charge in [-0.15, -0.1) is 22.7 Å². The number of esters is 1. The second-order valence-electron chi connectivity index (χ2n) is 6.29. The van der Waals surface area contributed by atoms with Crippen LogP contribution in [0.1, 0.15) is 58.3 Å². The van der Waals surface area contributed by atoms with Gasteiger partial charge in [0.05, 0.1) is 5.56 Å². The van der Waals surface area contributed by atoms with Gasteiger partial charge in [-0.25, -0.2) is 4.79 Å². The van der Waals surface area contributed by atoms with Crippen molar-refractivity contribution in [3.8, 4) is 6.07 Å². The standard InChI is InChI=1S/C19H20N2O3S2/c1-12(17(22)21-18-14(11-20)8-9-25-18)24-19(23)16-10-13-6-4-2-3-5-7-15(13)26-16/h8-10,12H,2-7H2,1H3,(H,21,22)/t12-/m0/s1. The Kier molecular flexibility index (Phi) is 6.07. The molecule has 7 heteroatoms. The highest BCUT2D eigenvalue weighted by Gasteiger charge is 2.23.